The number of carbonyl (C=O) groups excluding carboxylic acids is 4. The van der Waals surface area contributed by atoms with Crippen molar-refractivity contribution in [3.63, 3.8) is 0 Å². The normalized spacial score (nSPS) is 13.4. The molecule has 4 N–H and O–H groups in total. The first kappa shape index (κ1) is 30.6. The molecule has 3 aromatic rings. The van der Waals surface area contributed by atoms with Crippen LogP contribution in [0.15, 0.2) is 82.6 Å². The van der Waals surface area contributed by atoms with Gasteiger partial charge in [0.2, 0.25) is 11.5 Å². The SMILES string of the molecule is CC1=C(NC(=O)/C(=N\OC(C)(C)C(=O)OC(c2ccccc2)c2ccccc2)c2csc(N)n2)C(=O)N1C(=O)CC(=O)O. The van der Waals surface area contributed by atoms with Crippen LogP contribution in [0, 0.1) is 0 Å². The van der Waals surface area contributed by atoms with Crippen molar-refractivity contribution >= 4 is 51.8 Å². The van der Waals surface area contributed by atoms with Gasteiger partial charge in [0, 0.05) is 5.38 Å². The number of ether oxygens (including phenoxy) is 1. The van der Waals surface area contributed by atoms with E-state index in [1.165, 1.54) is 26.2 Å². The molecule has 0 fully saturated rings. The van der Waals surface area contributed by atoms with Crippen LogP contribution in [0.3, 0.4) is 0 Å². The van der Waals surface area contributed by atoms with Gasteiger partial charge in [-0.25, -0.2) is 14.7 Å². The molecule has 43 heavy (non-hydrogen) atoms. The number of nitrogens with two attached hydrogens (primary N) is 1. The quantitative estimate of drug-likeness (QED) is 0.127. The Bertz CT molecular complexity index is 1590. The predicted octanol–water partition coefficient (Wildman–Crippen LogP) is 2.75. The van der Waals surface area contributed by atoms with Gasteiger partial charge in [0.05, 0.1) is 5.70 Å². The van der Waals surface area contributed by atoms with Crippen LogP contribution in [0.4, 0.5) is 5.13 Å². The number of oxime groups is 1. The molecule has 1 aliphatic heterocycles. The lowest BCUT2D eigenvalue weighted by Gasteiger charge is -2.32. The topological polar surface area (TPSA) is 191 Å². The zero-order chi connectivity index (χ0) is 31.3. The van der Waals surface area contributed by atoms with Crippen LogP contribution in [0.1, 0.15) is 50.1 Å². The molecular formula is C29H27N5O8S. The molecule has 14 heteroatoms. The number of hydrogen-bond acceptors (Lipinski definition) is 11. The van der Waals surface area contributed by atoms with Gasteiger partial charge < -0.3 is 25.7 Å². The van der Waals surface area contributed by atoms with Crippen LogP contribution in [0.5, 0.6) is 0 Å². The van der Waals surface area contributed by atoms with E-state index in [4.69, 9.17) is 20.4 Å². The van der Waals surface area contributed by atoms with Crippen LogP contribution in [0.25, 0.3) is 0 Å². The maximum absolute atomic E-state index is 13.4. The van der Waals surface area contributed by atoms with Gasteiger partial charge in [0.1, 0.15) is 17.8 Å². The van der Waals surface area contributed by atoms with Crippen molar-refractivity contribution in [1.82, 2.24) is 15.2 Å². The number of nitrogens with one attached hydrogen (secondary N) is 1. The number of esters is 1. The maximum atomic E-state index is 13.4. The van der Waals surface area contributed by atoms with Crippen LogP contribution < -0.4 is 11.1 Å². The van der Waals surface area contributed by atoms with E-state index < -0.39 is 53.5 Å². The summed E-state index contributed by atoms with van der Waals surface area (Å²) < 4.78 is 5.87. The average Bonchev–Trinajstić information content (AvgIpc) is 3.40. The molecule has 1 aromatic heterocycles. The molecule has 0 bridgehead atoms. The lowest BCUT2D eigenvalue weighted by atomic mass is 10.0. The second-order valence-corrected chi connectivity index (χ2v) is 10.6. The van der Waals surface area contributed by atoms with Gasteiger partial charge in [0.25, 0.3) is 11.8 Å². The first-order valence-corrected chi connectivity index (χ1v) is 13.7. The molecule has 0 aliphatic carbocycles. The fourth-order valence-electron chi connectivity index (χ4n) is 3.93. The van der Waals surface area contributed by atoms with E-state index in [0.717, 1.165) is 22.5 Å². The third-order valence-electron chi connectivity index (χ3n) is 6.17. The Kier molecular flexibility index (Phi) is 9.00. The van der Waals surface area contributed by atoms with Crippen LogP contribution in [-0.2, 0) is 33.5 Å². The largest absolute Gasteiger partial charge is 0.481 e. The lowest BCUT2D eigenvalue weighted by molar-refractivity contribution is -0.172. The summed E-state index contributed by atoms with van der Waals surface area (Å²) >= 11 is 1.01. The molecule has 0 unspecified atom stereocenters. The molecule has 0 saturated carbocycles. The minimum atomic E-state index is -1.70. The summed E-state index contributed by atoms with van der Waals surface area (Å²) in [7, 11) is 0. The number of allylic oxidation sites excluding steroid dienone is 1. The zero-order valence-corrected chi connectivity index (χ0v) is 24.1. The summed E-state index contributed by atoms with van der Waals surface area (Å²) in [4.78, 5) is 72.3. The smallest absolute Gasteiger partial charge is 0.353 e. The Labute approximate surface area is 249 Å². The summed E-state index contributed by atoms with van der Waals surface area (Å²) in [5, 5.41) is 16.6. The number of aliphatic carboxylic acids is 1. The van der Waals surface area contributed by atoms with E-state index in [0.29, 0.717) is 4.90 Å². The molecule has 0 atom stereocenters. The minimum absolute atomic E-state index is 0.000509. The molecule has 0 spiro atoms. The van der Waals surface area contributed by atoms with Crippen molar-refractivity contribution in [2.45, 2.75) is 38.9 Å². The van der Waals surface area contributed by atoms with Gasteiger partial charge in [-0.15, -0.1) is 11.3 Å². The molecule has 0 radical (unpaired) electrons. The number of amides is 3. The number of benzene rings is 2. The van der Waals surface area contributed by atoms with E-state index in [2.05, 4.69) is 15.5 Å². The van der Waals surface area contributed by atoms with E-state index in [1.807, 2.05) is 60.7 Å². The van der Waals surface area contributed by atoms with Crippen LogP contribution >= 0.6 is 11.3 Å². The van der Waals surface area contributed by atoms with E-state index in [9.17, 15) is 24.0 Å². The standard InChI is InChI=1S/C29H27N5O8S/c1-16-22(26(39)34(16)20(35)14-21(36)37)32-25(38)23(19-15-43-28(30)31-19)33-42-29(2,3)27(40)41-24(17-10-6-4-7-11-17)18-12-8-5-9-13-18/h4-13,15,24H,14H2,1-3H3,(H2,30,31)(H,32,38)(H,36,37)/b33-23-. The number of carbonyl (C=O) groups is 5. The Hall–Kier alpha value is -5.37. The van der Waals surface area contributed by atoms with E-state index in [1.54, 1.807) is 0 Å². The number of imide groups is 1. The van der Waals surface area contributed by atoms with Gasteiger partial charge >= 0.3 is 11.9 Å². The van der Waals surface area contributed by atoms with Gasteiger partial charge in [-0.2, -0.15) is 0 Å². The van der Waals surface area contributed by atoms with Crippen LogP contribution in [-0.4, -0.2) is 56.0 Å². The third-order valence-corrected chi connectivity index (χ3v) is 6.84. The van der Waals surface area contributed by atoms with Gasteiger partial charge in [-0.1, -0.05) is 65.8 Å². The van der Waals surface area contributed by atoms with Crippen molar-refractivity contribution in [2.75, 3.05) is 5.73 Å². The molecule has 2 heterocycles. The Morgan fingerprint density at radius 3 is 2.14 bits per heavy atom. The zero-order valence-electron chi connectivity index (χ0n) is 23.3. The molecular weight excluding hydrogens is 578 g/mol. The monoisotopic (exact) mass is 605 g/mol. The van der Waals surface area contributed by atoms with Crippen LogP contribution in [0.2, 0.25) is 0 Å². The summed E-state index contributed by atoms with van der Waals surface area (Å²) in [6.07, 6.45) is -1.65. The predicted molar refractivity (Wildman–Crippen MR) is 154 cm³/mol. The number of anilines is 1. The summed E-state index contributed by atoms with van der Waals surface area (Å²) in [5.41, 5.74) is 4.87. The number of rotatable bonds is 11. The van der Waals surface area contributed by atoms with E-state index >= 15 is 0 Å². The highest BCUT2D eigenvalue weighted by molar-refractivity contribution is 7.13. The molecule has 222 valence electrons. The summed E-state index contributed by atoms with van der Waals surface area (Å²) in [6.45, 7) is 4.18. The average molecular weight is 606 g/mol. The number of carboxylic acid groups (broad SMARTS) is 1. The number of thiazole rings is 1. The number of nitrogen functional groups attached to an aromatic ring is 1. The minimum Gasteiger partial charge on any atom is -0.481 e. The van der Waals surface area contributed by atoms with Crippen molar-refractivity contribution in [3.05, 3.63) is 94.3 Å². The number of hydrogen-bond donors (Lipinski definition) is 3. The van der Waals surface area contributed by atoms with Crippen molar-refractivity contribution in [3.8, 4) is 0 Å². The van der Waals surface area contributed by atoms with E-state index in [-0.39, 0.29) is 22.2 Å². The molecule has 13 nitrogen and oxygen atoms in total. The molecule has 0 saturated heterocycles. The summed E-state index contributed by atoms with van der Waals surface area (Å²) in [6, 6.07) is 18.2. The number of nitrogens with zero attached hydrogens (tertiary/aromatic N) is 3. The summed E-state index contributed by atoms with van der Waals surface area (Å²) in [5.74, 6) is -4.99. The Morgan fingerprint density at radius 2 is 1.65 bits per heavy atom. The fraction of sp³-hybridized carbons (Fsp3) is 0.207. The van der Waals surface area contributed by atoms with Crippen molar-refractivity contribution in [1.29, 1.82) is 0 Å². The first-order chi connectivity index (χ1) is 20.4. The van der Waals surface area contributed by atoms with Crippen molar-refractivity contribution in [2.24, 2.45) is 5.16 Å². The lowest BCUT2D eigenvalue weighted by Crippen LogP contribution is -2.52. The molecule has 3 amide bonds. The highest BCUT2D eigenvalue weighted by Crippen LogP contribution is 2.29. The molecule has 2 aromatic carbocycles. The van der Waals surface area contributed by atoms with Gasteiger partial charge in [0.15, 0.2) is 16.9 Å². The van der Waals surface area contributed by atoms with Gasteiger partial charge in [-0.3, -0.25) is 19.2 Å². The Morgan fingerprint density at radius 1 is 1.07 bits per heavy atom. The second-order valence-electron chi connectivity index (χ2n) is 9.74. The highest BCUT2D eigenvalue weighted by atomic mass is 32.1. The highest BCUT2D eigenvalue weighted by Gasteiger charge is 2.41. The Balaban J connectivity index is 1.56. The number of carboxylic acids is 1. The fourth-order valence-corrected chi connectivity index (χ4v) is 4.48. The van der Waals surface area contributed by atoms with Gasteiger partial charge in [-0.05, 0) is 31.9 Å². The molecule has 4 rings (SSSR count). The second kappa shape index (κ2) is 12.7. The molecule has 1 aliphatic rings. The number of aromatic nitrogens is 1. The maximum Gasteiger partial charge on any atom is 0.353 e. The first-order valence-electron chi connectivity index (χ1n) is 12.8. The third kappa shape index (κ3) is 6.93. The van der Waals surface area contributed by atoms with Crippen molar-refractivity contribution < 1.29 is 38.7 Å².